The molecule has 2 heterocycles. The highest BCUT2D eigenvalue weighted by atomic mass is 35.5. The Hall–Kier alpha value is -2.86. The Morgan fingerprint density at radius 2 is 1.74 bits per heavy atom. The molecule has 0 N–H and O–H groups in total. The molecular weight excluding hydrogens is 366 g/mol. The van der Waals surface area contributed by atoms with Crippen molar-refractivity contribution in [1.82, 2.24) is 15.0 Å². The molecule has 0 radical (unpaired) electrons. The molecule has 3 aromatic rings. The van der Waals surface area contributed by atoms with Crippen LogP contribution in [-0.2, 0) is 6.61 Å². The number of halogens is 1. The maximum Gasteiger partial charge on any atom is 0.231 e. The summed E-state index contributed by atoms with van der Waals surface area (Å²) >= 11 is 6.10. The smallest absolute Gasteiger partial charge is 0.231 e. The number of hydrogen-bond donors (Lipinski definition) is 0. The fourth-order valence-electron chi connectivity index (χ4n) is 2.48. The van der Waals surface area contributed by atoms with E-state index < -0.39 is 0 Å². The second-order valence-corrected chi connectivity index (χ2v) is 6.44. The average Bonchev–Trinajstić information content (AvgIpc) is 2.67. The number of aromatic nitrogens is 3. The van der Waals surface area contributed by atoms with Crippen molar-refractivity contribution in [2.45, 2.75) is 26.4 Å². The highest BCUT2D eigenvalue weighted by Crippen LogP contribution is 2.36. The fourth-order valence-corrected chi connectivity index (χ4v) is 2.63. The van der Waals surface area contributed by atoms with Crippen LogP contribution in [0.25, 0.3) is 0 Å². The van der Waals surface area contributed by atoms with E-state index in [1.165, 1.54) is 0 Å². The maximum absolute atomic E-state index is 6.10. The van der Waals surface area contributed by atoms with Gasteiger partial charge in [0.2, 0.25) is 17.0 Å². The first-order valence-electron chi connectivity index (χ1n) is 8.48. The van der Waals surface area contributed by atoms with Crippen LogP contribution >= 0.6 is 11.6 Å². The van der Waals surface area contributed by atoms with Gasteiger partial charge in [-0.2, -0.15) is 9.97 Å². The van der Waals surface area contributed by atoms with Crippen molar-refractivity contribution in [3.8, 4) is 23.3 Å². The lowest BCUT2D eigenvalue weighted by molar-refractivity contribution is 0.285. The van der Waals surface area contributed by atoms with Gasteiger partial charge in [0.15, 0.2) is 0 Å². The molecular formula is C20H20ClN3O3. The predicted molar refractivity (Wildman–Crippen MR) is 103 cm³/mol. The zero-order valence-corrected chi connectivity index (χ0v) is 16.1. The van der Waals surface area contributed by atoms with Gasteiger partial charge < -0.3 is 14.2 Å². The van der Waals surface area contributed by atoms with Crippen LogP contribution in [0.4, 0.5) is 0 Å². The quantitative estimate of drug-likeness (QED) is 0.531. The van der Waals surface area contributed by atoms with Crippen LogP contribution < -0.4 is 14.2 Å². The van der Waals surface area contributed by atoms with Crippen LogP contribution in [-0.4, -0.2) is 22.1 Å². The third-order valence-corrected chi connectivity index (χ3v) is 3.98. The van der Waals surface area contributed by atoms with E-state index in [0.717, 1.165) is 16.9 Å². The van der Waals surface area contributed by atoms with Crippen LogP contribution in [0.2, 0.25) is 5.28 Å². The Kier molecular flexibility index (Phi) is 6.08. The highest BCUT2D eigenvalue weighted by molar-refractivity contribution is 6.28. The first-order chi connectivity index (χ1) is 13.1. The van der Waals surface area contributed by atoms with E-state index in [4.69, 9.17) is 25.8 Å². The Bertz CT molecular complexity index is 887. The summed E-state index contributed by atoms with van der Waals surface area (Å²) < 4.78 is 17.0. The van der Waals surface area contributed by atoms with Crippen molar-refractivity contribution in [1.29, 1.82) is 0 Å². The molecule has 0 unspecified atom stereocenters. The van der Waals surface area contributed by atoms with E-state index in [9.17, 15) is 0 Å². The number of rotatable bonds is 7. The normalized spacial score (nSPS) is 10.7. The second kappa shape index (κ2) is 8.68. The molecule has 0 spiro atoms. The minimum atomic E-state index is 0.0584. The largest absolute Gasteiger partial charge is 0.497 e. The minimum absolute atomic E-state index is 0.0584. The fraction of sp³-hybridized carbons (Fsp3) is 0.250. The van der Waals surface area contributed by atoms with Crippen LogP contribution in [0.1, 0.15) is 30.9 Å². The van der Waals surface area contributed by atoms with Gasteiger partial charge in [-0.15, -0.1) is 0 Å². The predicted octanol–water partition coefficient (Wildman–Crippen LogP) is 5.03. The van der Waals surface area contributed by atoms with E-state index in [-0.39, 0.29) is 11.2 Å². The van der Waals surface area contributed by atoms with Crippen molar-refractivity contribution >= 4 is 11.6 Å². The van der Waals surface area contributed by atoms with Crippen molar-refractivity contribution in [3.63, 3.8) is 0 Å². The number of nitrogens with zero attached hydrogens (tertiary/aromatic N) is 3. The lowest BCUT2D eigenvalue weighted by atomic mass is 10.1. The molecule has 0 bridgehead atoms. The van der Waals surface area contributed by atoms with Gasteiger partial charge in [0, 0.05) is 6.20 Å². The zero-order valence-electron chi connectivity index (χ0n) is 15.3. The van der Waals surface area contributed by atoms with Gasteiger partial charge in [0.1, 0.15) is 18.1 Å². The third kappa shape index (κ3) is 4.86. The van der Waals surface area contributed by atoms with Gasteiger partial charge >= 0.3 is 0 Å². The number of ether oxygens (including phenoxy) is 3. The van der Waals surface area contributed by atoms with Gasteiger partial charge in [0.25, 0.3) is 0 Å². The van der Waals surface area contributed by atoms with Gasteiger partial charge in [-0.1, -0.05) is 26.0 Å². The molecule has 27 heavy (non-hydrogen) atoms. The van der Waals surface area contributed by atoms with Gasteiger partial charge in [-0.3, -0.25) is 4.98 Å². The van der Waals surface area contributed by atoms with Crippen molar-refractivity contribution in [2.75, 3.05) is 7.11 Å². The van der Waals surface area contributed by atoms with Gasteiger partial charge in [-0.05, 0) is 47.3 Å². The first kappa shape index (κ1) is 18.9. The molecule has 1 aromatic carbocycles. The topological polar surface area (TPSA) is 66.4 Å². The molecule has 0 saturated carbocycles. The monoisotopic (exact) mass is 385 g/mol. The molecule has 0 aliphatic carbocycles. The van der Waals surface area contributed by atoms with Crippen molar-refractivity contribution < 1.29 is 14.2 Å². The molecule has 0 fully saturated rings. The molecule has 7 heteroatoms. The lowest BCUT2D eigenvalue weighted by Crippen LogP contribution is -2.06. The summed E-state index contributed by atoms with van der Waals surface area (Å²) in [4.78, 5) is 12.5. The summed E-state index contributed by atoms with van der Waals surface area (Å²) in [6, 6.07) is 11.2. The first-order valence-corrected chi connectivity index (χ1v) is 8.85. The SMILES string of the molecule is COc1ccc(COc2nc(Cl)nc(Oc3cccnc3)c2C(C)C)cc1. The summed E-state index contributed by atoms with van der Waals surface area (Å²) in [6.07, 6.45) is 3.28. The van der Waals surface area contributed by atoms with E-state index >= 15 is 0 Å². The molecule has 6 nitrogen and oxygen atoms in total. The Labute approximate surface area is 163 Å². The number of pyridine rings is 1. The van der Waals surface area contributed by atoms with E-state index in [1.807, 2.05) is 38.1 Å². The molecule has 0 saturated heterocycles. The van der Waals surface area contributed by atoms with Crippen LogP contribution in [0, 0.1) is 0 Å². The molecule has 0 amide bonds. The molecule has 0 aliphatic heterocycles. The van der Waals surface area contributed by atoms with E-state index in [1.54, 1.807) is 31.6 Å². The Balaban J connectivity index is 1.86. The number of hydrogen-bond acceptors (Lipinski definition) is 6. The lowest BCUT2D eigenvalue weighted by Gasteiger charge is -2.17. The van der Waals surface area contributed by atoms with Crippen molar-refractivity contribution in [2.24, 2.45) is 0 Å². The highest BCUT2D eigenvalue weighted by Gasteiger charge is 2.20. The van der Waals surface area contributed by atoms with E-state index in [2.05, 4.69) is 15.0 Å². The summed E-state index contributed by atoms with van der Waals surface area (Å²) in [5, 5.41) is 0.0584. The molecule has 0 aliphatic rings. The minimum Gasteiger partial charge on any atom is -0.497 e. The van der Waals surface area contributed by atoms with Gasteiger partial charge in [0.05, 0.1) is 18.9 Å². The summed E-state index contributed by atoms with van der Waals surface area (Å²) in [7, 11) is 1.63. The Morgan fingerprint density at radius 3 is 2.37 bits per heavy atom. The molecule has 3 rings (SSSR count). The number of benzene rings is 1. The van der Waals surface area contributed by atoms with E-state index in [0.29, 0.717) is 24.1 Å². The summed E-state index contributed by atoms with van der Waals surface area (Å²) in [6.45, 7) is 4.37. The molecule has 0 atom stereocenters. The van der Waals surface area contributed by atoms with Crippen molar-refractivity contribution in [3.05, 3.63) is 65.2 Å². The van der Waals surface area contributed by atoms with Crippen LogP contribution in [0.15, 0.2) is 48.8 Å². The van der Waals surface area contributed by atoms with Crippen LogP contribution in [0.3, 0.4) is 0 Å². The Morgan fingerprint density at radius 1 is 1.00 bits per heavy atom. The van der Waals surface area contributed by atoms with Crippen LogP contribution in [0.5, 0.6) is 23.3 Å². The molecule has 140 valence electrons. The summed E-state index contributed by atoms with van der Waals surface area (Å²) in [5.74, 6) is 2.19. The maximum atomic E-state index is 6.10. The van der Waals surface area contributed by atoms with Gasteiger partial charge in [-0.25, -0.2) is 0 Å². The molecule has 2 aromatic heterocycles. The zero-order chi connectivity index (χ0) is 19.2. The summed E-state index contributed by atoms with van der Waals surface area (Å²) in [5.41, 5.74) is 1.73. The standard InChI is InChI=1S/C20H20ClN3O3/c1-13(2)17-18(26-12-14-6-8-15(25-3)9-7-14)23-20(21)24-19(17)27-16-5-4-10-22-11-16/h4-11,13H,12H2,1-3H3. The average molecular weight is 386 g/mol. The third-order valence-electron chi connectivity index (χ3n) is 3.81. The second-order valence-electron chi connectivity index (χ2n) is 6.10. The number of methoxy groups -OCH3 is 1.